The minimum atomic E-state index is -0.252. The number of aromatic nitrogens is 2. The molecule has 0 atom stereocenters. The third kappa shape index (κ3) is 3.53. The number of anilines is 1. The molecule has 5 nitrogen and oxygen atoms in total. The van der Waals surface area contributed by atoms with Crippen molar-refractivity contribution in [2.24, 2.45) is 0 Å². The van der Waals surface area contributed by atoms with Crippen LogP contribution in [0.3, 0.4) is 0 Å². The maximum absolute atomic E-state index is 11.7. The van der Waals surface area contributed by atoms with Crippen LogP contribution in [-0.2, 0) is 6.42 Å². The van der Waals surface area contributed by atoms with Crippen LogP contribution >= 0.6 is 22.9 Å². The van der Waals surface area contributed by atoms with Crippen LogP contribution in [-0.4, -0.2) is 22.0 Å². The molecular weight excluding hydrogens is 308 g/mol. The van der Waals surface area contributed by atoms with Crippen LogP contribution in [0.25, 0.3) is 4.96 Å². The molecule has 2 amide bonds. The molecule has 0 saturated heterocycles. The Labute approximate surface area is 130 Å². The quantitative estimate of drug-likeness (QED) is 0.774. The normalized spacial score (nSPS) is 10.7. The largest absolute Gasteiger partial charge is 0.337 e. The number of rotatable bonds is 4. The van der Waals surface area contributed by atoms with Crippen LogP contribution in [0.2, 0.25) is 5.02 Å². The molecule has 3 aromatic rings. The number of urea groups is 1. The van der Waals surface area contributed by atoms with E-state index in [4.69, 9.17) is 11.6 Å². The Hall–Kier alpha value is -2.05. The highest BCUT2D eigenvalue weighted by molar-refractivity contribution is 7.15. The fraction of sp³-hybridized carbons (Fsp3) is 0.143. The zero-order valence-electron chi connectivity index (χ0n) is 11.0. The predicted octanol–water partition coefficient (Wildman–Crippen LogP) is 3.41. The van der Waals surface area contributed by atoms with Gasteiger partial charge in [-0.05, 0) is 18.2 Å². The van der Waals surface area contributed by atoms with Crippen molar-refractivity contribution in [2.45, 2.75) is 6.42 Å². The lowest BCUT2D eigenvalue weighted by molar-refractivity contribution is 0.252. The number of nitrogens with zero attached hydrogens (tertiary/aromatic N) is 2. The number of benzene rings is 1. The van der Waals surface area contributed by atoms with Crippen molar-refractivity contribution in [3.63, 3.8) is 0 Å². The number of imidazole rings is 1. The van der Waals surface area contributed by atoms with Gasteiger partial charge in [0.05, 0.1) is 5.69 Å². The van der Waals surface area contributed by atoms with E-state index in [-0.39, 0.29) is 6.03 Å². The number of thiazole rings is 1. The summed E-state index contributed by atoms with van der Waals surface area (Å²) in [7, 11) is 0. The fourth-order valence-electron chi connectivity index (χ4n) is 1.94. The first-order valence-electron chi connectivity index (χ1n) is 6.42. The monoisotopic (exact) mass is 320 g/mol. The Balaban J connectivity index is 1.48. The van der Waals surface area contributed by atoms with E-state index in [0.717, 1.165) is 10.7 Å². The van der Waals surface area contributed by atoms with Crippen molar-refractivity contribution in [3.05, 3.63) is 52.8 Å². The average Bonchev–Trinajstić information content (AvgIpc) is 2.99. The highest BCUT2D eigenvalue weighted by Gasteiger charge is 2.04. The standard InChI is InChI=1S/C14H13ClN4OS/c15-10-2-1-3-11(8-10)17-13(20)16-5-4-12-9-19-6-7-21-14(19)18-12/h1-3,6-9H,4-5H2,(H2,16,17,20). The van der Waals surface area contributed by atoms with E-state index in [1.807, 2.05) is 22.2 Å². The minimum absolute atomic E-state index is 0.252. The van der Waals surface area contributed by atoms with E-state index in [9.17, 15) is 4.79 Å². The number of carbonyl (C=O) groups is 1. The van der Waals surface area contributed by atoms with Gasteiger partial charge in [0.15, 0.2) is 4.96 Å². The fourth-order valence-corrected chi connectivity index (χ4v) is 2.85. The maximum atomic E-state index is 11.7. The van der Waals surface area contributed by atoms with Gasteiger partial charge in [-0.25, -0.2) is 9.78 Å². The van der Waals surface area contributed by atoms with Gasteiger partial charge in [-0.2, -0.15) is 0 Å². The second kappa shape index (κ2) is 6.15. The summed E-state index contributed by atoms with van der Waals surface area (Å²) in [5.41, 5.74) is 1.63. The Morgan fingerprint density at radius 1 is 1.43 bits per heavy atom. The van der Waals surface area contributed by atoms with Gasteiger partial charge in [0.1, 0.15) is 0 Å². The van der Waals surface area contributed by atoms with Crippen LogP contribution in [0.5, 0.6) is 0 Å². The van der Waals surface area contributed by atoms with Crippen molar-refractivity contribution >= 4 is 39.6 Å². The number of hydrogen-bond acceptors (Lipinski definition) is 3. The summed E-state index contributed by atoms with van der Waals surface area (Å²) in [5.74, 6) is 0. The summed E-state index contributed by atoms with van der Waals surface area (Å²) in [6.45, 7) is 0.525. The molecule has 0 aliphatic rings. The molecular formula is C14H13ClN4OS. The van der Waals surface area contributed by atoms with Crippen LogP contribution in [0.1, 0.15) is 5.69 Å². The van der Waals surface area contributed by atoms with Gasteiger partial charge < -0.3 is 10.6 Å². The van der Waals surface area contributed by atoms with Crippen LogP contribution in [0, 0.1) is 0 Å². The summed E-state index contributed by atoms with van der Waals surface area (Å²) in [4.78, 5) is 17.2. The minimum Gasteiger partial charge on any atom is -0.337 e. The molecule has 3 rings (SSSR count). The predicted molar refractivity (Wildman–Crippen MR) is 85.2 cm³/mol. The van der Waals surface area contributed by atoms with Gasteiger partial charge in [0.25, 0.3) is 0 Å². The van der Waals surface area contributed by atoms with Crippen molar-refractivity contribution in [1.82, 2.24) is 14.7 Å². The first-order chi connectivity index (χ1) is 10.2. The van der Waals surface area contributed by atoms with Crippen LogP contribution < -0.4 is 10.6 Å². The summed E-state index contributed by atoms with van der Waals surface area (Å²) in [5, 5.41) is 8.11. The van der Waals surface area contributed by atoms with E-state index in [1.54, 1.807) is 35.6 Å². The Morgan fingerprint density at radius 3 is 3.14 bits per heavy atom. The Bertz CT molecular complexity index is 739. The third-order valence-corrected chi connectivity index (χ3v) is 3.90. The smallest absolute Gasteiger partial charge is 0.319 e. The Kier molecular flexibility index (Phi) is 4.08. The molecule has 0 aliphatic carbocycles. The first-order valence-corrected chi connectivity index (χ1v) is 7.68. The van der Waals surface area contributed by atoms with Gasteiger partial charge in [0, 0.05) is 41.4 Å². The number of hydrogen-bond donors (Lipinski definition) is 2. The molecule has 1 aromatic carbocycles. The molecule has 108 valence electrons. The molecule has 0 spiro atoms. The third-order valence-electron chi connectivity index (χ3n) is 2.89. The second-order valence-corrected chi connectivity index (χ2v) is 5.78. The van der Waals surface area contributed by atoms with Gasteiger partial charge in [-0.1, -0.05) is 17.7 Å². The SMILES string of the molecule is O=C(NCCc1cn2ccsc2n1)Nc1cccc(Cl)c1. The molecule has 2 aromatic heterocycles. The van der Waals surface area contributed by atoms with Crippen molar-refractivity contribution in [2.75, 3.05) is 11.9 Å². The number of nitrogens with one attached hydrogen (secondary N) is 2. The summed E-state index contributed by atoms with van der Waals surface area (Å²) < 4.78 is 1.98. The van der Waals surface area contributed by atoms with Gasteiger partial charge in [-0.15, -0.1) is 11.3 Å². The van der Waals surface area contributed by atoms with Crippen LogP contribution in [0.15, 0.2) is 42.0 Å². The highest BCUT2D eigenvalue weighted by atomic mass is 35.5. The van der Waals surface area contributed by atoms with E-state index in [2.05, 4.69) is 15.6 Å². The lowest BCUT2D eigenvalue weighted by Crippen LogP contribution is -2.30. The molecule has 7 heteroatoms. The van der Waals surface area contributed by atoms with Crippen LogP contribution in [0.4, 0.5) is 10.5 Å². The van der Waals surface area contributed by atoms with Crippen molar-refractivity contribution in [3.8, 4) is 0 Å². The van der Waals surface area contributed by atoms with Crippen molar-refractivity contribution in [1.29, 1.82) is 0 Å². The molecule has 21 heavy (non-hydrogen) atoms. The molecule has 2 N–H and O–H groups in total. The van der Waals surface area contributed by atoms with Gasteiger partial charge in [-0.3, -0.25) is 4.40 Å². The maximum Gasteiger partial charge on any atom is 0.319 e. The Morgan fingerprint density at radius 2 is 2.33 bits per heavy atom. The summed E-state index contributed by atoms with van der Waals surface area (Å²) in [6, 6.07) is 6.78. The molecule has 0 radical (unpaired) electrons. The zero-order valence-corrected chi connectivity index (χ0v) is 12.6. The zero-order chi connectivity index (χ0) is 14.7. The molecule has 0 fully saturated rings. The summed E-state index contributed by atoms with van der Waals surface area (Å²) >= 11 is 7.45. The summed E-state index contributed by atoms with van der Waals surface area (Å²) in [6.07, 6.45) is 4.63. The number of fused-ring (bicyclic) bond motifs is 1. The average molecular weight is 321 g/mol. The lowest BCUT2D eigenvalue weighted by atomic mass is 10.3. The topological polar surface area (TPSA) is 58.4 Å². The number of halogens is 1. The highest BCUT2D eigenvalue weighted by Crippen LogP contribution is 2.14. The molecule has 0 aliphatic heterocycles. The van der Waals surface area contributed by atoms with E-state index in [1.165, 1.54) is 0 Å². The van der Waals surface area contributed by atoms with E-state index in [0.29, 0.717) is 23.7 Å². The number of amides is 2. The first kappa shape index (κ1) is 13.9. The second-order valence-electron chi connectivity index (χ2n) is 4.47. The molecule has 2 heterocycles. The van der Waals surface area contributed by atoms with Crippen molar-refractivity contribution < 1.29 is 4.79 Å². The molecule has 0 saturated carbocycles. The molecule has 0 unspecified atom stereocenters. The molecule has 0 bridgehead atoms. The number of carbonyl (C=O) groups excluding carboxylic acids is 1. The van der Waals surface area contributed by atoms with Gasteiger partial charge in [0.2, 0.25) is 0 Å². The lowest BCUT2D eigenvalue weighted by Gasteiger charge is -2.07. The van der Waals surface area contributed by atoms with Gasteiger partial charge >= 0.3 is 6.03 Å². The van der Waals surface area contributed by atoms with E-state index >= 15 is 0 Å². The van der Waals surface area contributed by atoms with E-state index < -0.39 is 0 Å².